The number of halogens is 3. The van der Waals surface area contributed by atoms with Crippen molar-refractivity contribution in [1.82, 2.24) is 0 Å². The molecule has 0 amide bonds. The van der Waals surface area contributed by atoms with Crippen LogP contribution < -0.4 is 5.14 Å². The summed E-state index contributed by atoms with van der Waals surface area (Å²) < 4.78 is 60.2. The third kappa shape index (κ3) is 3.19. The highest BCUT2D eigenvalue weighted by atomic mass is 32.2. The number of nitrogens with two attached hydrogens (primary N) is 1. The zero-order chi connectivity index (χ0) is 13.4. The summed E-state index contributed by atoms with van der Waals surface area (Å²) in [6.45, 7) is 3.20. The van der Waals surface area contributed by atoms with Crippen LogP contribution >= 0.6 is 0 Å². The Morgan fingerprint density at radius 3 is 2.12 bits per heavy atom. The summed E-state index contributed by atoms with van der Waals surface area (Å²) in [6.07, 6.45) is -4.60. The van der Waals surface area contributed by atoms with Gasteiger partial charge in [0.25, 0.3) is 0 Å². The highest BCUT2D eigenvalue weighted by Crippen LogP contribution is 2.36. The lowest BCUT2D eigenvalue weighted by Crippen LogP contribution is -2.16. The van der Waals surface area contributed by atoms with Crippen molar-refractivity contribution in [3.63, 3.8) is 0 Å². The Bertz CT molecular complexity index is 521. The third-order valence-electron chi connectivity index (χ3n) is 2.28. The molecule has 7 heteroatoms. The van der Waals surface area contributed by atoms with Gasteiger partial charge in [0, 0.05) is 0 Å². The zero-order valence-corrected chi connectivity index (χ0v) is 10.1. The van der Waals surface area contributed by atoms with E-state index in [1.165, 1.54) is 0 Å². The molecule has 0 aliphatic heterocycles. The predicted octanol–water partition coefficient (Wildman–Crippen LogP) is 2.48. The molecule has 0 saturated heterocycles. The zero-order valence-electron chi connectivity index (χ0n) is 9.25. The van der Waals surface area contributed by atoms with Crippen LogP contribution in [0.15, 0.2) is 23.1 Å². The van der Waals surface area contributed by atoms with Crippen molar-refractivity contribution < 1.29 is 21.6 Å². The molecule has 0 fully saturated rings. The predicted molar refractivity (Wildman–Crippen MR) is 56.9 cm³/mol. The smallest absolute Gasteiger partial charge is 0.225 e. The van der Waals surface area contributed by atoms with Gasteiger partial charge in [0.15, 0.2) is 0 Å². The summed E-state index contributed by atoms with van der Waals surface area (Å²) in [5, 5.41) is 4.80. The first-order chi connectivity index (χ1) is 7.53. The molecule has 0 unspecified atom stereocenters. The molecule has 17 heavy (non-hydrogen) atoms. The molecule has 0 aromatic heterocycles. The third-order valence-corrected chi connectivity index (χ3v) is 3.19. The Kier molecular flexibility index (Phi) is 3.54. The molecule has 1 aromatic carbocycles. The van der Waals surface area contributed by atoms with Gasteiger partial charge in [0.05, 0.1) is 10.5 Å². The van der Waals surface area contributed by atoms with Gasteiger partial charge >= 0.3 is 6.18 Å². The van der Waals surface area contributed by atoms with Crippen LogP contribution in [0.1, 0.15) is 30.9 Å². The molecule has 0 saturated carbocycles. The molecule has 0 radical (unpaired) electrons. The fourth-order valence-electron chi connectivity index (χ4n) is 1.46. The Balaban J connectivity index is 3.51. The number of sulfonamides is 1. The standard InChI is InChI=1S/C10H12F3NO2S/c1-6(2)8-4-3-7(17(14,15)16)5-9(8)10(11,12)13/h3-6H,1-2H3,(H2,14,15,16). The van der Waals surface area contributed by atoms with E-state index in [0.717, 1.165) is 12.1 Å². The first-order valence-electron chi connectivity index (χ1n) is 4.77. The van der Waals surface area contributed by atoms with E-state index in [2.05, 4.69) is 0 Å². The molecule has 0 heterocycles. The Labute approximate surface area is 97.5 Å². The quantitative estimate of drug-likeness (QED) is 0.894. The molecule has 0 aliphatic rings. The van der Waals surface area contributed by atoms with Crippen LogP contribution in [0, 0.1) is 0 Å². The largest absolute Gasteiger partial charge is 0.416 e. The monoisotopic (exact) mass is 267 g/mol. The maximum Gasteiger partial charge on any atom is 0.416 e. The highest BCUT2D eigenvalue weighted by molar-refractivity contribution is 7.89. The summed E-state index contributed by atoms with van der Waals surface area (Å²) in [5.74, 6) is -0.360. The van der Waals surface area contributed by atoms with Crippen molar-refractivity contribution in [2.45, 2.75) is 30.8 Å². The first kappa shape index (κ1) is 14.0. The molecule has 2 N–H and O–H groups in total. The fraction of sp³-hybridized carbons (Fsp3) is 0.400. The van der Waals surface area contributed by atoms with Crippen molar-refractivity contribution >= 4 is 10.0 Å². The van der Waals surface area contributed by atoms with Crippen LogP contribution in [0.4, 0.5) is 13.2 Å². The lowest BCUT2D eigenvalue weighted by atomic mass is 9.97. The van der Waals surface area contributed by atoms with Gasteiger partial charge in [-0.25, -0.2) is 13.6 Å². The normalized spacial score (nSPS) is 13.1. The maximum atomic E-state index is 12.7. The van der Waals surface area contributed by atoms with Crippen molar-refractivity contribution in [2.75, 3.05) is 0 Å². The second-order valence-electron chi connectivity index (χ2n) is 3.95. The van der Waals surface area contributed by atoms with Crippen LogP contribution in [0.3, 0.4) is 0 Å². The van der Waals surface area contributed by atoms with Gasteiger partial charge in [0.2, 0.25) is 10.0 Å². The number of alkyl halides is 3. The van der Waals surface area contributed by atoms with Crippen molar-refractivity contribution in [3.8, 4) is 0 Å². The molecule has 1 aromatic rings. The highest BCUT2D eigenvalue weighted by Gasteiger charge is 2.34. The lowest BCUT2D eigenvalue weighted by molar-refractivity contribution is -0.138. The van der Waals surface area contributed by atoms with Gasteiger partial charge < -0.3 is 0 Å². The van der Waals surface area contributed by atoms with Gasteiger partial charge in [-0.2, -0.15) is 13.2 Å². The number of benzene rings is 1. The molecule has 0 bridgehead atoms. The molecule has 0 spiro atoms. The SMILES string of the molecule is CC(C)c1ccc(S(N)(=O)=O)cc1C(F)(F)F. The van der Waals surface area contributed by atoms with E-state index < -0.39 is 26.7 Å². The van der Waals surface area contributed by atoms with Crippen LogP contribution in [0.2, 0.25) is 0 Å². The van der Waals surface area contributed by atoms with Crippen molar-refractivity contribution in [2.24, 2.45) is 5.14 Å². The van der Waals surface area contributed by atoms with E-state index in [1.54, 1.807) is 13.8 Å². The lowest BCUT2D eigenvalue weighted by Gasteiger charge is -2.16. The van der Waals surface area contributed by atoms with Gasteiger partial charge in [-0.15, -0.1) is 0 Å². The van der Waals surface area contributed by atoms with E-state index in [9.17, 15) is 21.6 Å². The van der Waals surface area contributed by atoms with Crippen LogP contribution in [-0.4, -0.2) is 8.42 Å². The first-order valence-corrected chi connectivity index (χ1v) is 6.32. The minimum atomic E-state index is -4.60. The van der Waals surface area contributed by atoms with Gasteiger partial charge in [-0.1, -0.05) is 19.9 Å². The minimum Gasteiger partial charge on any atom is -0.225 e. The van der Waals surface area contributed by atoms with Crippen molar-refractivity contribution in [3.05, 3.63) is 29.3 Å². The maximum absolute atomic E-state index is 12.7. The molecule has 96 valence electrons. The Morgan fingerprint density at radius 1 is 1.24 bits per heavy atom. The van der Waals surface area contributed by atoms with Gasteiger partial charge in [-0.3, -0.25) is 0 Å². The second-order valence-corrected chi connectivity index (χ2v) is 5.51. The topological polar surface area (TPSA) is 60.2 Å². The van der Waals surface area contributed by atoms with Gasteiger partial charge in [0.1, 0.15) is 0 Å². The Morgan fingerprint density at radius 2 is 1.76 bits per heavy atom. The minimum absolute atomic E-state index is 0.0462. The van der Waals surface area contributed by atoms with Crippen molar-refractivity contribution in [1.29, 1.82) is 0 Å². The number of hydrogen-bond donors (Lipinski definition) is 1. The van der Waals surface area contributed by atoms with E-state index in [-0.39, 0.29) is 11.5 Å². The molecule has 0 atom stereocenters. The Hall–Kier alpha value is -1.08. The van der Waals surface area contributed by atoms with E-state index in [1.807, 2.05) is 0 Å². The van der Waals surface area contributed by atoms with Crippen LogP contribution in [0.5, 0.6) is 0 Å². The molecule has 0 aliphatic carbocycles. The molecule has 1 rings (SSSR count). The number of rotatable bonds is 2. The van der Waals surface area contributed by atoms with E-state index in [4.69, 9.17) is 5.14 Å². The van der Waals surface area contributed by atoms with E-state index >= 15 is 0 Å². The molecular formula is C10H12F3NO2S. The summed E-state index contributed by atoms with van der Waals surface area (Å²) in [6, 6.07) is 2.80. The molecular weight excluding hydrogens is 255 g/mol. The average molecular weight is 267 g/mol. The fourth-order valence-corrected chi connectivity index (χ4v) is 2.00. The van der Waals surface area contributed by atoms with Crippen LogP contribution in [0.25, 0.3) is 0 Å². The summed E-state index contributed by atoms with van der Waals surface area (Å²) >= 11 is 0. The van der Waals surface area contributed by atoms with Crippen LogP contribution in [-0.2, 0) is 16.2 Å². The van der Waals surface area contributed by atoms with E-state index in [0.29, 0.717) is 6.07 Å². The summed E-state index contributed by atoms with van der Waals surface area (Å²) in [4.78, 5) is -0.533. The van der Waals surface area contributed by atoms with Gasteiger partial charge in [-0.05, 0) is 23.6 Å². The average Bonchev–Trinajstić information content (AvgIpc) is 2.14. The molecule has 3 nitrogen and oxygen atoms in total. The summed E-state index contributed by atoms with van der Waals surface area (Å²) in [7, 11) is -4.13. The number of primary sulfonamides is 1. The summed E-state index contributed by atoms with van der Waals surface area (Å²) in [5.41, 5.74) is -0.913. The number of hydrogen-bond acceptors (Lipinski definition) is 2. The second kappa shape index (κ2) is 4.30.